The topological polar surface area (TPSA) is 72.6 Å². The summed E-state index contributed by atoms with van der Waals surface area (Å²) < 4.78 is 29.8. The average molecular weight is 268 g/mol. The molecule has 2 N–H and O–H groups in total. The van der Waals surface area contributed by atoms with Gasteiger partial charge in [0, 0.05) is 26.1 Å². The minimum absolute atomic E-state index is 0.0125. The molecule has 5 nitrogen and oxygen atoms in total. The molecule has 0 aliphatic rings. The van der Waals surface area contributed by atoms with Crippen LogP contribution in [0.15, 0.2) is 0 Å². The third-order valence-electron chi connectivity index (χ3n) is 2.25. The van der Waals surface area contributed by atoms with E-state index >= 15 is 0 Å². The van der Waals surface area contributed by atoms with Crippen molar-refractivity contribution in [3.05, 3.63) is 0 Å². The Labute approximate surface area is 103 Å². The first-order valence-corrected chi connectivity index (χ1v) is 7.13. The molecule has 0 radical (unpaired) electrons. The Hall–Kier alpha value is -0.240. The highest BCUT2D eigenvalue weighted by Gasteiger charge is 2.22. The Bertz CT molecular complexity index is 317. The van der Waals surface area contributed by atoms with Crippen LogP contribution >= 0.6 is 12.2 Å². The maximum Gasteiger partial charge on any atom is 0.216 e. The standard InChI is InChI=1S/C9H20N2O3S2/c1-4-11(7-8(2)9(10)15)16(12,13)6-5-14-3/h8H,4-7H2,1-3H3,(H2,10,15). The molecule has 1 atom stereocenters. The summed E-state index contributed by atoms with van der Waals surface area (Å²) in [7, 11) is -1.79. The zero-order valence-electron chi connectivity index (χ0n) is 9.97. The van der Waals surface area contributed by atoms with Gasteiger partial charge < -0.3 is 10.5 Å². The van der Waals surface area contributed by atoms with Crippen LogP contribution < -0.4 is 5.73 Å². The van der Waals surface area contributed by atoms with Crippen molar-refractivity contribution in [2.45, 2.75) is 13.8 Å². The zero-order valence-corrected chi connectivity index (χ0v) is 11.6. The summed E-state index contributed by atoms with van der Waals surface area (Å²) in [4.78, 5) is 0.334. The van der Waals surface area contributed by atoms with E-state index in [4.69, 9.17) is 22.7 Å². The Morgan fingerprint density at radius 3 is 2.50 bits per heavy atom. The van der Waals surface area contributed by atoms with E-state index in [1.807, 2.05) is 6.92 Å². The predicted octanol–water partition coefficient (Wildman–Crippen LogP) is 0.207. The van der Waals surface area contributed by atoms with Crippen LogP contribution in [0.4, 0.5) is 0 Å². The smallest absolute Gasteiger partial charge is 0.216 e. The molecular formula is C9H20N2O3S2. The molecule has 1 unspecified atom stereocenters. The second kappa shape index (κ2) is 7.16. The van der Waals surface area contributed by atoms with E-state index in [1.54, 1.807) is 6.92 Å². The summed E-state index contributed by atoms with van der Waals surface area (Å²) in [6.45, 7) is 4.55. The van der Waals surface area contributed by atoms with Gasteiger partial charge in [-0.3, -0.25) is 0 Å². The molecule has 0 spiro atoms. The molecule has 0 aromatic heterocycles. The van der Waals surface area contributed by atoms with E-state index in [1.165, 1.54) is 11.4 Å². The molecule has 0 rings (SSSR count). The van der Waals surface area contributed by atoms with Gasteiger partial charge in [0.05, 0.1) is 17.3 Å². The lowest BCUT2D eigenvalue weighted by Gasteiger charge is -2.23. The first kappa shape index (κ1) is 15.8. The number of nitrogens with zero attached hydrogens (tertiary/aromatic N) is 1. The van der Waals surface area contributed by atoms with E-state index in [2.05, 4.69) is 0 Å². The molecule has 0 aliphatic heterocycles. The molecule has 0 aromatic rings. The van der Waals surface area contributed by atoms with Gasteiger partial charge in [-0.25, -0.2) is 12.7 Å². The molecule has 0 amide bonds. The number of hydrogen-bond donors (Lipinski definition) is 1. The lowest BCUT2D eigenvalue weighted by Crippen LogP contribution is -2.39. The summed E-state index contributed by atoms with van der Waals surface area (Å²) in [5.74, 6) is -0.131. The maximum atomic E-state index is 11.8. The van der Waals surface area contributed by atoms with Crippen molar-refractivity contribution in [2.75, 3.05) is 32.6 Å². The van der Waals surface area contributed by atoms with Crippen LogP contribution in [0.5, 0.6) is 0 Å². The lowest BCUT2D eigenvalue weighted by atomic mass is 10.2. The molecule has 16 heavy (non-hydrogen) atoms. The molecule has 0 saturated heterocycles. The van der Waals surface area contributed by atoms with Gasteiger partial charge in [0.2, 0.25) is 10.0 Å². The highest BCUT2D eigenvalue weighted by atomic mass is 32.2. The van der Waals surface area contributed by atoms with E-state index in [-0.39, 0.29) is 18.3 Å². The fourth-order valence-electron chi connectivity index (χ4n) is 1.15. The Balaban J connectivity index is 4.54. The third kappa shape index (κ3) is 5.20. The minimum Gasteiger partial charge on any atom is -0.393 e. The monoisotopic (exact) mass is 268 g/mol. The van der Waals surface area contributed by atoms with E-state index in [0.717, 1.165) is 0 Å². The van der Waals surface area contributed by atoms with Gasteiger partial charge in [0.25, 0.3) is 0 Å². The van der Waals surface area contributed by atoms with E-state index in [9.17, 15) is 8.42 Å². The van der Waals surface area contributed by atoms with Crippen molar-refractivity contribution < 1.29 is 13.2 Å². The summed E-state index contributed by atoms with van der Waals surface area (Å²) >= 11 is 4.83. The maximum absolute atomic E-state index is 11.8. The normalized spacial score (nSPS) is 14.0. The molecule has 0 bridgehead atoms. The van der Waals surface area contributed by atoms with Gasteiger partial charge in [-0.15, -0.1) is 0 Å². The zero-order chi connectivity index (χ0) is 12.8. The molecule has 0 aromatic carbocycles. The van der Waals surface area contributed by atoms with Crippen LogP contribution in [0.3, 0.4) is 0 Å². The predicted molar refractivity (Wildman–Crippen MR) is 68.9 cm³/mol. The number of sulfonamides is 1. The van der Waals surface area contributed by atoms with Crippen molar-refractivity contribution in [3.63, 3.8) is 0 Å². The van der Waals surface area contributed by atoms with Crippen LogP contribution in [0, 0.1) is 5.92 Å². The van der Waals surface area contributed by atoms with Gasteiger partial charge in [-0.05, 0) is 0 Å². The molecule has 7 heteroatoms. The third-order valence-corrected chi connectivity index (χ3v) is 4.53. The van der Waals surface area contributed by atoms with Crippen LogP contribution in [0.2, 0.25) is 0 Å². The van der Waals surface area contributed by atoms with Crippen molar-refractivity contribution in [1.29, 1.82) is 0 Å². The molecule has 0 saturated carbocycles. The van der Waals surface area contributed by atoms with Crippen molar-refractivity contribution in [2.24, 2.45) is 11.7 Å². The largest absolute Gasteiger partial charge is 0.393 e. The van der Waals surface area contributed by atoms with Crippen LogP contribution in [0.25, 0.3) is 0 Å². The second-order valence-corrected chi connectivity index (χ2v) is 6.12. The average Bonchev–Trinajstić information content (AvgIpc) is 2.22. The van der Waals surface area contributed by atoms with E-state index in [0.29, 0.717) is 18.1 Å². The van der Waals surface area contributed by atoms with Crippen molar-refractivity contribution in [3.8, 4) is 0 Å². The van der Waals surface area contributed by atoms with E-state index < -0.39 is 10.0 Å². The number of thiocarbonyl (C=S) groups is 1. The fraction of sp³-hybridized carbons (Fsp3) is 0.889. The Morgan fingerprint density at radius 2 is 2.12 bits per heavy atom. The highest BCUT2D eigenvalue weighted by molar-refractivity contribution is 7.89. The molecule has 96 valence electrons. The van der Waals surface area contributed by atoms with Gasteiger partial charge >= 0.3 is 0 Å². The number of rotatable bonds is 8. The highest BCUT2D eigenvalue weighted by Crippen LogP contribution is 2.07. The van der Waals surface area contributed by atoms with Gasteiger partial charge in [-0.2, -0.15) is 0 Å². The molecule has 0 heterocycles. The lowest BCUT2D eigenvalue weighted by molar-refractivity contribution is 0.215. The summed E-state index contributed by atoms with van der Waals surface area (Å²) in [5.41, 5.74) is 5.47. The van der Waals surface area contributed by atoms with Crippen molar-refractivity contribution >= 4 is 27.2 Å². The quantitative estimate of drug-likeness (QED) is 0.637. The summed E-state index contributed by atoms with van der Waals surface area (Å²) in [6.07, 6.45) is 0. The summed E-state index contributed by atoms with van der Waals surface area (Å²) in [5, 5.41) is 0. The first-order chi connectivity index (χ1) is 7.35. The van der Waals surface area contributed by atoms with Gasteiger partial charge in [0.1, 0.15) is 0 Å². The van der Waals surface area contributed by atoms with Gasteiger partial charge in [-0.1, -0.05) is 26.1 Å². The second-order valence-electron chi connectivity index (χ2n) is 3.56. The molecule has 0 fully saturated rings. The fourth-order valence-corrected chi connectivity index (χ4v) is 2.71. The van der Waals surface area contributed by atoms with Crippen LogP contribution in [-0.2, 0) is 14.8 Å². The van der Waals surface area contributed by atoms with Crippen molar-refractivity contribution in [1.82, 2.24) is 4.31 Å². The Morgan fingerprint density at radius 1 is 1.56 bits per heavy atom. The van der Waals surface area contributed by atoms with Crippen LogP contribution in [0.1, 0.15) is 13.8 Å². The minimum atomic E-state index is -3.27. The number of nitrogens with two attached hydrogens (primary N) is 1. The number of methoxy groups -OCH3 is 1. The summed E-state index contributed by atoms with van der Waals surface area (Å²) in [6, 6.07) is 0. The number of ether oxygens (including phenoxy) is 1. The first-order valence-electron chi connectivity index (χ1n) is 5.11. The molecular weight excluding hydrogens is 248 g/mol. The molecule has 0 aliphatic carbocycles. The SMILES string of the molecule is CCN(CC(C)C(N)=S)S(=O)(=O)CCOC. The number of hydrogen-bond acceptors (Lipinski definition) is 4. The van der Waals surface area contributed by atoms with Crippen LogP contribution in [-0.4, -0.2) is 50.3 Å². The Kier molecular flexibility index (Phi) is 7.05. The van der Waals surface area contributed by atoms with Gasteiger partial charge in [0.15, 0.2) is 0 Å².